The van der Waals surface area contributed by atoms with Crippen LogP contribution in [0.15, 0.2) is 42.5 Å². The first kappa shape index (κ1) is 8.80. The maximum atomic E-state index is 9.45. The summed E-state index contributed by atoms with van der Waals surface area (Å²) in [5.41, 5.74) is 0.770. The molecule has 68 valence electrons. The zero-order chi connectivity index (χ0) is 9.97. The first-order chi connectivity index (χ1) is 6.81. The van der Waals surface area contributed by atoms with Crippen molar-refractivity contribution in [2.45, 2.75) is 6.10 Å². The molecular formula is C13H10O. The lowest BCUT2D eigenvalue weighted by atomic mass is 10.0. The molecule has 0 aliphatic carbocycles. The minimum Gasteiger partial charge on any atom is -0.376 e. The van der Waals surface area contributed by atoms with Crippen molar-refractivity contribution in [1.82, 2.24) is 0 Å². The summed E-state index contributed by atoms with van der Waals surface area (Å²) >= 11 is 0. The summed E-state index contributed by atoms with van der Waals surface area (Å²) in [4.78, 5) is 0. The second-order valence-corrected chi connectivity index (χ2v) is 3.18. The Hall–Kier alpha value is -1.78. The fourth-order valence-electron chi connectivity index (χ4n) is 1.47. The molecule has 2 rings (SSSR count). The molecule has 2 aromatic rings. The lowest BCUT2D eigenvalue weighted by molar-refractivity contribution is 0.239. The van der Waals surface area contributed by atoms with Gasteiger partial charge in [0, 0.05) is 0 Å². The van der Waals surface area contributed by atoms with E-state index in [1.807, 2.05) is 42.5 Å². The van der Waals surface area contributed by atoms with E-state index in [1.54, 1.807) is 0 Å². The SMILES string of the molecule is C#C[C@H](O)c1ccc2ccccc2c1. The Morgan fingerprint density at radius 2 is 1.79 bits per heavy atom. The van der Waals surface area contributed by atoms with Gasteiger partial charge >= 0.3 is 0 Å². The lowest BCUT2D eigenvalue weighted by Crippen LogP contribution is -1.92. The fourth-order valence-corrected chi connectivity index (χ4v) is 1.47. The van der Waals surface area contributed by atoms with Crippen molar-refractivity contribution in [3.63, 3.8) is 0 Å². The van der Waals surface area contributed by atoms with Gasteiger partial charge in [0.2, 0.25) is 0 Å². The Morgan fingerprint density at radius 3 is 2.50 bits per heavy atom. The first-order valence-corrected chi connectivity index (χ1v) is 4.44. The number of fused-ring (bicyclic) bond motifs is 1. The molecule has 0 radical (unpaired) electrons. The molecule has 0 aliphatic rings. The molecule has 0 bridgehead atoms. The average Bonchev–Trinajstić information content (AvgIpc) is 2.27. The molecule has 14 heavy (non-hydrogen) atoms. The first-order valence-electron chi connectivity index (χ1n) is 4.44. The molecule has 0 amide bonds. The van der Waals surface area contributed by atoms with Crippen molar-refractivity contribution in [2.75, 3.05) is 0 Å². The van der Waals surface area contributed by atoms with Gasteiger partial charge in [-0.3, -0.25) is 0 Å². The van der Waals surface area contributed by atoms with Crippen molar-refractivity contribution in [3.8, 4) is 12.3 Å². The highest BCUT2D eigenvalue weighted by molar-refractivity contribution is 5.83. The van der Waals surface area contributed by atoms with Crippen LogP contribution < -0.4 is 0 Å². The second-order valence-electron chi connectivity index (χ2n) is 3.18. The van der Waals surface area contributed by atoms with Crippen LogP contribution in [0, 0.1) is 12.3 Å². The van der Waals surface area contributed by atoms with Gasteiger partial charge in [-0.05, 0) is 22.4 Å². The lowest BCUT2D eigenvalue weighted by Gasteiger charge is -2.04. The smallest absolute Gasteiger partial charge is 0.140 e. The van der Waals surface area contributed by atoms with E-state index in [0.29, 0.717) is 0 Å². The molecule has 0 aromatic heterocycles. The monoisotopic (exact) mass is 182 g/mol. The van der Waals surface area contributed by atoms with Crippen LogP contribution in [0.5, 0.6) is 0 Å². The third-order valence-electron chi connectivity index (χ3n) is 2.25. The van der Waals surface area contributed by atoms with Gasteiger partial charge < -0.3 is 5.11 Å². The number of terminal acetylenes is 1. The predicted molar refractivity (Wildman–Crippen MR) is 57.7 cm³/mol. The maximum absolute atomic E-state index is 9.45. The van der Waals surface area contributed by atoms with Gasteiger partial charge in [0.1, 0.15) is 6.10 Å². The van der Waals surface area contributed by atoms with Crippen molar-refractivity contribution >= 4 is 10.8 Å². The van der Waals surface area contributed by atoms with E-state index in [1.165, 1.54) is 0 Å². The molecule has 2 aromatic carbocycles. The van der Waals surface area contributed by atoms with E-state index in [9.17, 15) is 5.11 Å². The molecule has 0 spiro atoms. The molecule has 0 saturated carbocycles. The summed E-state index contributed by atoms with van der Waals surface area (Å²) in [6, 6.07) is 13.7. The van der Waals surface area contributed by atoms with E-state index < -0.39 is 6.10 Å². The van der Waals surface area contributed by atoms with Crippen molar-refractivity contribution < 1.29 is 5.11 Å². The normalized spacial score (nSPS) is 12.3. The van der Waals surface area contributed by atoms with E-state index >= 15 is 0 Å². The Morgan fingerprint density at radius 1 is 1.07 bits per heavy atom. The highest BCUT2D eigenvalue weighted by atomic mass is 16.3. The summed E-state index contributed by atoms with van der Waals surface area (Å²) in [5.74, 6) is 2.30. The zero-order valence-corrected chi connectivity index (χ0v) is 7.64. The number of aliphatic hydroxyl groups excluding tert-OH is 1. The Labute approximate surface area is 83.0 Å². The number of hydrogen-bond acceptors (Lipinski definition) is 1. The molecular weight excluding hydrogens is 172 g/mol. The third-order valence-corrected chi connectivity index (χ3v) is 2.25. The number of hydrogen-bond donors (Lipinski definition) is 1. The van der Waals surface area contributed by atoms with Crippen LogP contribution in [-0.2, 0) is 0 Å². The van der Waals surface area contributed by atoms with Gasteiger partial charge in [-0.2, -0.15) is 0 Å². The highest BCUT2D eigenvalue weighted by Crippen LogP contribution is 2.19. The highest BCUT2D eigenvalue weighted by Gasteiger charge is 2.03. The molecule has 0 unspecified atom stereocenters. The Kier molecular flexibility index (Phi) is 2.22. The largest absolute Gasteiger partial charge is 0.376 e. The van der Waals surface area contributed by atoms with E-state index in [0.717, 1.165) is 16.3 Å². The molecule has 0 saturated heterocycles. The van der Waals surface area contributed by atoms with Crippen LogP contribution >= 0.6 is 0 Å². The number of aliphatic hydroxyl groups is 1. The minimum absolute atomic E-state index is 0.770. The number of benzene rings is 2. The summed E-state index contributed by atoms with van der Waals surface area (Å²) in [5, 5.41) is 11.7. The topological polar surface area (TPSA) is 20.2 Å². The van der Waals surface area contributed by atoms with E-state index in [2.05, 4.69) is 5.92 Å². The summed E-state index contributed by atoms with van der Waals surface area (Å²) in [6.07, 6.45) is 4.34. The maximum Gasteiger partial charge on any atom is 0.140 e. The van der Waals surface area contributed by atoms with Crippen molar-refractivity contribution in [2.24, 2.45) is 0 Å². The zero-order valence-electron chi connectivity index (χ0n) is 7.64. The van der Waals surface area contributed by atoms with Gasteiger partial charge in [0.25, 0.3) is 0 Å². The standard InChI is InChI=1S/C13H10O/c1-2-13(14)12-8-7-10-5-3-4-6-11(10)9-12/h1,3-9,13-14H/t13-/m0/s1. The molecule has 1 heteroatoms. The van der Waals surface area contributed by atoms with Crippen molar-refractivity contribution in [3.05, 3.63) is 48.0 Å². The average molecular weight is 182 g/mol. The summed E-state index contributed by atoms with van der Waals surface area (Å²) in [7, 11) is 0. The third kappa shape index (κ3) is 1.48. The van der Waals surface area contributed by atoms with Crippen LogP contribution in [0.1, 0.15) is 11.7 Å². The van der Waals surface area contributed by atoms with Crippen LogP contribution in [0.25, 0.3) is 10.8 Å². The van der Waals surface area contributed by atoms with Crippen LogP contribution in [0.2, 0.25) is 0 Å². The molecule has 0 aliphatic heterocycles. The summed E-state index contributed by atoms with van der Waals surface area (Å²) < 4.78 is 0. The van der Waals surface area contributed by atoms with Crippen LogP contribution in [0.3, 0.4) is 0 Å². The van der Waals surface area contributed by atoms with Crippen molar-refractivity contribution in [1.29, 1.82) is 0 Å². The minimum atomic E-state index is -0.806. The van der Waals surface area contributed by atoms with Gasteiger partial charge in [-0.25, -0.2) is 0 Å². The fraction of sp³-hybridized carbons (Fsp3) is 0.0769. The van der Waals surface area contributed by atoms with E-state index in [4.69, 9.17) is 6.42 Å². The molecule has 0 heterocycles. The van der Waals surface area contributed by atoms with Gasteiger partial charge in [-0.15, -0.1) is 6.42 Å². The molecule has 0 fully saturated rings. The van der Waals surface area contributed by atoms with E-state index in [-0.39, 0.29) is 0 Å². The molecule has 1 N–H and O–H groups in total. The quantitative estimate of drug-likeness (QED) is 0.672. The molecule has 1 nitrogen and oxygen atoms in total. The van der Waals surface area contributed by atoms with Gasteiger partial charge in [0.05, 0.1) is 0 Å². The van der Waals surface area contributed by atoms with Gasteiger partial charge in [-0.1, -0.05) is 42.3 Å². The van der Waals surface area contributed by atoms with Crippen LogP contribution in [-0.4, -0.2) is 5.11 Å². The predicted octanol–water partition coefficient (Wildman–Crippen LogP) is 2.51. The van der Waals surface area contributed by atoms with Gasteiger partial charge in [0.15, 0.2) is 0 Å². The Bertz CT molecular complexity index is 494. The summed E-state index contributed by atoms with van der Waals surface area (Å²) in [6.45, 7) is 0. The second kappa shape index (κ2) is 3.53. The number of rotatable bonds is 1. The Balaban J connectivity index is 2.58. The molecule has 1 atom stereocenters. The van der Waals surface area contributed by atoms with Crippen LogP contribution in [0.4, 0.5) is 0 Å².